The zero-order valence-electron chi connectivity index (χ0n) is 11.8. The number of hydrogen-bond donors (Lipinski definition) is 1. The van der Waals surface area contributed by atoms with Crippen molar-refractivity contribution in [2.24, 2.45) is 5.92 Å². The molecule has 1 aromatic carbocycles. The summed E-state index contributed by atoms with van der Waals surface area (Å²) in [5, 5.41) is 1.28. The number of H-pyrrole nitrogens is 1. The van der Waals surface area contributed by atoms with E-state index >= 15 is 0 Å². The number of likely N-dealkylation sites (N-methyl/N-ethyl adjacent to an activating group) is 1. The normalized spacial score (nSPS) is 27.9. The third-order valence-electron chi connectivity index (χ3n) is 4.35. The molecule has 0 fully saturated rings. The molecular weight excluding hydrogens is 220 g/mol. The lowest BCUT2D eigenvalue weighted by molar-refractivity contribution is 0.252. The second kappa shape index (κ2) is 3.48. The molecule has 18 heavy (non-hydrogen) atoms. The van der Waals surface area contributed by atoms with Gasteiger partial charge in [-0.25, -0.2) is 0 Å². The average Bonchev–Trinajstić information content (AvgIpc) is 2.69. The zero-order valence-corrected chi connectivity index (χ0v) is 10.8. The van der Waals surface area contributed by atoms with E-state index in [1.54, 1.807) is 0 Å². The van der Waals surface area contributed by atoms with Crippen molar-refractivity contribution in [3.05, 3.63) is 41.6 Å². The highest BCUT2D eigenvalue weighted by atomic mass is 15.1. The molecule has 1 aromatic heterocycles. The molecule has 0 bridgehead atoms. The molecule has 2 aliphatic rings. The molecule has 2 heteroatoms. The van der Waals surface area contributed by atoms with E-state index in [1.165, 1.54) is 22.1 Å². The predicted molar refractivity (Wildman–Crippen MR) is 75.6 cm³/mol. The molecule has 1 N–H and O–H groups in total. The van der Waals surface area contributed by atoms with Crippen molar-refractivity contribution in [1.82, 2.24) is 9.88 Å². The number of nitrogens with one attached hydrogen (secondary N) is 1. The Kier molecular flexibility index (Phi) is 1.82. The van der Waals surface area contributed by atoms with Crippen LogP contribution >= 0.6 is 0 Å². The van der Waals surface area contributed by atoms with Gasteiger partial charge in [-0.2, -0.15) is 0 Å². The molecular formula is C16H18N2. The van der Waals surface area contributed by atoms with Gasteiger partial charge in [0.25, 0.3) is 0 Å². The third kappa shape index (κ3) is 1.27. The van der Waals surface area contributed by atoms with Crippen molar-refractivity contribution in [1.29, 1.82) is 0 Å². The summed E-state index contributed by atoms with van der Waals surface area (Å²) in [7, 11) is 2.20. The van der Waals surface area contributed by atoms with Crippen molar-refractivity contribution in [3.63, 3.8) is 0 Å². The Balaban J connectivity index is 2.04. The van der Waals surface area contributed by atoms with Gasteiger partial charge in [0, 0.05) is 29.7 Å². The second-order valence-corrected chi connectivity index (χ2v) is 5.72. The Labute approximate surface area is 109 Å². The van der Waals surface area contributed by atoms with Gasteiger partial charge >= 0.3 is 0 Å². The fourth-order valence-electron chi connectivity index (χ4n) is 3.60. The molecule has 2 nitrogen and oxygen atoms in total. The Bertz CT molecular complexity index is 698. The van der Waals surface area contributed by atoms with E-state index in [0.717, 1.165) is 18.5 Å². The van der Waals surface area contributed by atoms with Crippen molar-refractivity contribution in [3.8, 4) is 0 Å². The number of aromatic amines is 1. The molecule has 0 spiro atoms. The Morgan fingerprint density at radius 3 is 3.22 bits per heavy atom. The Morgan fingerprint density at radius 2 is 2.33 bits per heavy atom. The van der Waals surface area contributed by atoms with E-state index in [2.05, 4.69) is 48.1 Å². The first kappa shape index (κ1) is 9.40. The van der Waals surface area contributed by atoms with Crippen LogP contribution in [0.2, 0.25) is 0 Å². The lowest BCUT2D eigenvalue weighted by Crippen LogP contribution is -2.41. The number of rotatable bonds is 0. The van der Waals surface area contributed by atoms with E-state index in [9.17, 15) is 0 Å². The fourth-order valence-corrected chi connectivity index (χ4v) is 3.60. The topological polar surface area (TPSA) is 19.0 Å². The minimum Gasteiger partial charge on any atom is -0.361 e. The highest BCUT2D eigenvalue weighted by Crippen LogP contribution is 2.40. The molecule has 0 saturated carbocycles. The van der Waals surface area contributed by atoms with Crippen molar-refractivity contribution < 1.29 is 1.37 Å². The maximum absolute atomic E-state index is 8.15. The summed E-state index contributed by atoms with van der Waals surface area (Å²) in [6.07, 6.45) is 3.98. The first-order valence-corrected chi connectivity index (χ1v) is 6.67. The van der Waals surface area contributed by atoms with Gasteiger partial charge in [0.2, 0.25) is 0 Å². The number of aromatic nitrogens is 1. The zero-order chi connectivity index (χ0) is 13.1. The molecule has 0 saturated heterocycles. The molecule has 0 radical (unpaired) electrons. The largest absolute Gasteiger partial charge is 0.361 e. The van der Waals surface area contributed by atoms with Crippen LogP contribution < -0.4 is 0 Å². The van der Waals surface area contributed by atoms with Gasteiger partial charge in [0.05, 0.1) is 1.37 Å². The minimum atomic E-state index is 0.439. The SMILES string of the molecule is [3H]c1[nH]c2cccc3c2c1C[C@@H]1C3=C[C@@H](C)CN1C. The highest BCUT2D eigenvalue weighted by Gasteiger charge is 2.32. The monoisotopic (exact) mass is 240 g/mol. The van der Waals surface area contributed by atoms with Crippen LogP contribution in [-0.4, -0.2) is 29.5 Å². The van der Waals surface area contributed by atoms with Gasteiger partial charge in [0.15, 0.2) is 0 Å². The van der Waals surface area contributed by atoms with Crippen LogP contribution in [-0.2, 0) is 6.42 Å². The van der Waals surface area contributed by atoms with Gasteiger partial charge in [-0.15, -0.1) is 0 Å². The summed E-state index contributed by atoms with van der Waals surface area (Å²) < 4.78 is 8.15. The van der Waals surface area contributed by atoms with Gasteiger partial charge in [-0.3, -0.25) is 4.90 Å². The molecule has 4 rings (SSSR count). The third-order valence-corrected chi connectivity index (χ3v) is 4.35. The molecule has 2 heterocycles. The van der Waals surface area contributed by atoms with E-state index in [4.69, 9.17) is 1.37 Å². The second-order valence-electron chi connectivity index (χ2n) is 5.72. The predicted octanol–water partition coefficient (Wildman–Crippen LogP) is 3.06. The van der Waals surface area contributed by atoms with Crippen LogP contribution in [0.25, 0.3) is 16.5 Å². The van der Waals surface area contributed by atoms with Crippen molar-refractivity contribution in [2.75, 3.05) is 13.6 Å². The Hall–Kier alpha value is -1.54. The number of hydrogen-bond acceptors (Lipinski definition) is 1. The number of nitrogens with zero attached hydrogens (tertiary/aromatic N) is 1. The van der Waals surface area contributed by atoms with Crippen LogP contribution in [0.1, 0.15) is 19.4 Å². The summed E-state index contributed by atoms with van der Waals surface area (Å²) in [5.74, 6) is 0.600. The van der Waals surface area contributed by atoms with Crippen molar-refractivity contribution in [2.45, 2.75) is 19.4 Å². The lowest BCUT2D eigenvalue weighted by Gasteiger charge is -2.39. The number of benzene rings is 1. The summed E-state index contributed by atoms with van der Waals surface area (Å²) in [6.45, 7) is 3.39. The molecule has 0 unspecified atom stereocenters. The van der Waals surface area contributed by atoms with Gasteiger partial charge in [0.1, 0.15) is 0 Å². The lowest BCUT2D eigenvalue weighted by atomic mass is 9.80. The first-order chi connectivity index (χ1) is 9.15. The standard InChI is InChI=1S/C16H18N2/c1-10-6-13-12-4-3-5-14-16(12)11(8-17-14)7-15(13)18(2)9-10/h3-6,8,10,15,17H,7,9H2,1-2H3/t10-,15-/m1/s1/i8T. The molecule has 0 amide bonds. The fraction of sp³-hybridized carbons (Fsp3) is 0.375. The van der Waals surface area contributed by atoms with Crippen LogP contribution in [0, 0.1) is 5.92 Å². The molecule has 2 aromatic rings. The number of fused-ring (bicyclic) bond motifs is 2. The van der Waals surface area contributed by atoms with Gasteiger partial charge in [-0.1, -0.05) is 25.1 Å². The quantitative estimate of drug-likeness (QED) is 0.750. The summed E-state index contributed by atoms with van der Waals surface area (Å²) in [5.41, 5.74) is 5.09. The van der Waals surface area contributed by atoms with Crippen LogP contribution in [0.5, 0.6) is 0 Å². The van der Waals surface area contributed by atoms with Gasteiger partial charge in [-0.05, 0) is 42.2 Å². The molecule has 2 atom stereocenters. The minimum absolute atomic E-state index is 0.439. The molecule has 92 valence electrons. The molecule has 1 aliphatic carbocycles. The van der Waals surface area contributed by atoms with E-state index in [-0.39, 0.29) is 0 Å². The first-order valence-electron chi connectivity index (χ1n) is 7.17. The van der Waals surface area contributed by atoms with Crippen LogP contribution in [0.15, 0.2) is 30.4 Å². The maximum atomic E-state index is 8.15. The van der Waals surface area contributed by atoms with Crippen LogP contribution in [0.3, 0.4) is 0 Å². The van der Waals surface area contributed by atoms with E-state index in [0.29, 0.717) is 18.1 Å². The average molecular weight is 240 g/mol. The highest BCUT2D eigenvalue weighted by molar-refractivity contribution is 5.98. The summed E-state index contributed by atoms with van der Waals surface area (Å²) in [4.78, 5) is 5.65. The van der Waals surface area contributed by atoms with Crippen molar-refractivity contribution >= 4 is 16.5 Å². The van der Waals surface area contributed by atoms with E-state index < -0.39 is 0 Å². The summed E-state index contributed by atoms with van der Waals surface area (Å²) in [6, 6.07) is 6.83. The van der Waals surface area contributed by atoms with Crippen LogP contribution in [0.4, 0.5) is 0 Å². The molecule has 1 aliphatic heterocycles. The van der Waals surface area contributed by atoms with Gasteiger partial charge < -0.3 is 4.98 Å². The summed E-state index contributed by atoms with van der Waals surface area (Å²) >= 11 is 0. The smallest absolute Gasteiger partial charge is 0.0819 e. The van der Waals surface area contributed by atoms with E-state index in [1.807, 2.05) is 0 Å². The Morgan fingerprint density at radius 1 is 1.44 bits per heavy atom. The maximum Gasteiger partial charge on any atom is 0.0819 e.